The van der Waals surface area contributed by atoms with Crippen LogP contribution in [0.25, 0.3) is 6.08 Å². The van der Waals surface area contributed by atoms with Crippen molar-refractivity contribution in [2.24, 2.45) is 5.73 Å². The highest BCUT2D eigenvalue weighted by Gasteiger charge is 2.20. The van der Waals surface area contributed by atoms with E-state index in [0.29, 0.717) is 11.8 Å². The number of nitrogens with two attached hydrogens (primary N) is 1. The van der Waals surface area contributed by atoms with Gasteiger partial charge in [0.25, 0.3) is 0 Å². The number of ether oxygens (including phenoxy) is 1. The van der Waals surface area contributed by atoms with Gasteiger partial charge in [0.1, 0.15) is 0 Å². The quantitative estimate of drug-likeness (QED) is 0.928. The maximum atomic E-state index is 5.42. The molecule has 4 heteroatoms. The summed E-state index contributed by atoms with van der Waals surface area (Å²) >= 11 is 5.46. The summed E-state index contributed by atoms with van der Waals surface area (Å²) in [4.78, 5) is 1.28. The first-order chi connectivity index (χ1) is 7.79. The molecule has 16 heavy (non-hydrogen) atoms. The molecule has 1 saturated heterocycles. The fraction of sp³-hybridized carbons (Fsp3) is 0.333. The molecule has 0 atom stereocenters. The molecule has 0 radical (unpaired) electrons. The second-order valence-corrected chi connectivity index (χ2v) is 5.80. The van der Waals surface area contributed by atoms with Crippen molar-refractivity contribution in [3.05, 3.63) is 34.3 Å². The Morgan fingerprint density at radius 2 is 2.31 bits per heavy atom. The molecule has 2 rings (SSSR count). The lowest BCUT2D eigenvalue weighted by Gasteiger charge is -2.25. The van der Waals surface area contributed by atoms with Crippen molar-refractivity contribution in [3.8, 4) is 0 Å². The molecule has 86 valence electrons. The average molecular weight is 300 g/mol. The first-order valence-corrected chi connectivity index (χ1v) is 6.87. The normalized spacial score (nSPS) is 16.6. The third kappa shape index (κ3) is 3.10. The molecule has 1 heterocycles. The lowest BCUT2D eigenvalue weighted by atomic mass is 10.2. The molecule has 0 aromatic heterocycles. The molecule has 0 unspecified atom stereocenters. The van der Waals surface area contributed by atoms with Gasteiger partial charge >= 0.3 is 0 Å². The Labute approximate surface area is 108 Å². The van der Waals surface area contributed by atoms with E-state index in [1.807, 2.05) is 23.9 Å². The molecule has 2 nitrogen and oxygen atoms in total. The van der Waals surface area contributed by atoms with E-state index in [-0.39, 0.29) is 0 Å². The van der Waals surface area contributed by atoms with Crippen molar-refractivity contribution in [1.29, 1.82) is 0 Å². The zero-order valence-electron chi connectivity index (χ0n) is 8.86. The largest absolute Gasteiger partial charge is 0.379 e. The summed E-state index contributed by atoms with van der Waals surface area (Å²) in [5.74, 6) is 0. The van der Waals surface area contributed by atoms with Gasteiger partial charge < -0.3 is 10.5 Å². The SMILES string of the molecule is NC/C=C/c1ccc(SC2COC2)c(Br)c1. The Kier molecular flexibility index (Phi) is 4.46. The second kappa shape index (κ2) is 5.87. The fourth-order valence-corrected chi connectivity index (χ4v) is 3.06. The topological polar surface area (TPSA) is 35.2 Å². The predicted octanol–water partition coefficient (Wildman–Crippen LogP) is 2.91. The summed E-state index contributed by atoms with van der Waals surface area (Å²) in [6, 6.07) is 6.37. The summed E-state index contributed by atoms with van der Waals surface area (Å²) in [7, 11) is 0. The highest BCUT2D eigenvalue weighted by Crippen LogP contribution is 2.34. The summed E-state index contributed by atoms with van der Waals surface area (Å²) in [6.45, 7) is 2.31. The van der Waals surface area contributed by atoms with Crippen LogP contribution in [0, 0.1) is 0 Å². The fourth-order valence-electron chi connectivity index (χ4n) is 1.38. The minimum Gasteiger partial charge on any atom is -0.379 e. The van der Waals surface area contributed by atoms with E-state index in [1.54, 1.807) is 0 Å². The molecule has 2 N–H and O–H groups in total. The summed E-state index contributed by atoms with van der Waals surface area (Å²) in [5, 5.41) is 0.613. The zero-order chi connectivity index (χ0) is 11.4. The molecule has 0 aliphatic carbocycles. The highest BCUT2D eigenvalue weighted by molar-refractivity contribution is 9.10. The van der Waals surface area contributed by atoms with E-state index in [2.05, 4.69) is 34.1 Å². The number of hydrogen-bond donors (Lipinski definition) is 1. The van der Waals surface area contributed by atoms with Gasteiger partial charge in [0, 0.05) is 15.9 Å². The van der Waals surface area contributed by atoms with E-state index in [9.17, 15) is 0 Å². The van der Waals surface area contributed by atoms with Crippen molar-refractivity contribution in [3.63, 3.8) is 0 Å². The van der Waals surface area contributed by atoms with Crippen LogP contribution in [0.2, 0.25) is 0 Å². The van der Waals surface area contributed by atoms with E-state index < -0.39 is 0 Å². The molecule has 0 amide bonds. The summed E-state index contributed by atoms with van der Waals surface area (Å²) in [6.07, 6.45) is 3.99. The monoisotopic (exact) mass is 299 g/mol. The van der Waals surface area contributed by atoms with Crippen molar-refractivity contribution in [1.82, 2.24) is 0 Å². The van der Waals surface area contributed by atoms with Crippen molar-refractivity contribution in [2.45, 2.75) is 10.1 Å². The molecular formula is C12H14BrNOS. The Morgan fingerprint density at radius 3 is 2.88 bits per heavy atom. The van der Waals surface area contributed by atoms with Gasteiger partial charge in [-0.1, -0.05) is 18.2 Å². The van der Waals surface area contributed by atoms with Crippen molar-refractivity contribution in [2.75, 3.05) is 19.8 Å². The van der Waals surface area contributed by atoms with Gasteiger partial charge in [-0.05, 0) is 33.6 Å². The van der Waals surface area contributed by atoms with Crippen LogP contribution in [-0.4, -0.2) is 25.0 Å². The van der Waals surface area contributed by atoms with Crippen molar-refractivity contribution >= 4 is 33.8 Å². The Morgan fingerprint density at radius 1 is 1.50 bits per heavy atom. The van der Waals surface area contributed by atoms with Crippen molar-refractivity contribution < 1.29 is 4.74 Å². The van der Waals surface area contributed by atoms with E-state index in [4.69, 9.17) is 10.5 Å². The number of hydrogen-bond acceptors (Lipinski definition) is 3. The van der Waals surface area contributed by atoms with Crippen LogP contribution in [0.3, 0.4) is 0 Å². The number of benzene rings is 1. The smallest absolute Gasteiger partial charge is 0.0611 e. The third-order valence-electron chi connectivity index (χ3n) is 2.30. The lowest BCUT2D eigenvalue weighted by molar-refractivity contribution is 0.0455. The van der Waals surface area contributed by atoms with Gasteiger partial charge in [-0.2, -0.15) is 0 Å². The van der Waals surface area contributed by atoms with Crippen LogP contribution in [0.1, 0.15) is 5.56 Å². The molecule has 1 aromatic carbocycles. The first kappa shape index (κ1) is 12.2. The highest BCUT2D eigenvalue weighted by atomic mass is 79.9. The molecular weight excluding hydrogens is 286 g/mol. The van der Waals surface area contributed by atoms with Crippen LogP contribution in [-0.2, 0) is 4.74 Å². The second-order valence-electron chi connectivity index (χ2n) is 3.61. The van der Waals surface area contributed by atoms with Crippen LogP contribution in [0.5, 0.6) is 0 Å². The average Bonchev–Trinajstić information content (AvgIpc) is 2.22. The lowest BCUT2D eigenvalue weighted by Crippen LogP contribution is -2.30. The Bertz CT molecular complexity index is 391. The number of thioether (sulfide) groups is 1. The third-order valence-corrected chi connectivity index (χ3v) is 4.44. The first-order valence-electron chi connectivity index (χ1n) is 5.20. The zero-order valence-corrected chi connectivity index (χ0v) is 11.3. The van der Waals surface area contributed by atoms with Crippen LogP contribution >= 0.6 is 27.7 Å². The van der Waals surface area contributed by atoms with Gasteiger partial charge in [-0.25, -0.2) is 0 Å². The Balaban J connectivity index is 2.06. The molecule has 1 aromatic rings. The minimum atomic E-state index is 0.577. The van der Waals surface area contributed by atoms with Gasteiger partial charge in [0.15, 0.2) is 0 Å². The van der Waals surface area contributed by atoms with Crippen LogP contribution < -0.4 is 5.73 Å². The molecule has 1 aliphatic rings. The number of halogens is 1. The summed E-state index contributed by atoms with van der Waals surface area (Å²) < 4.78 is 6.30. The number of rotatable bonds is 4. The molecule has 0 spiro atoms. The van der Waals surface area contributed by atoms with Crippen LogP contribution in [0.15, 0.2) is 33.6 Å². The maximum absolute atomic E-state index is 5.42. The molecule has 0 saturated carbocycles. The minimum absolute atomic E-state index is 0.577. The van der Waals surface area contributed by atoms with Gasteiger partial charge in [0.05, 0.1) is 18.5 Å². The summed E-state index contributed by atoms with van der Waals surface area (Å²) in [5.41, 5.74) is 6.59. The maximum Gasteiger partial charge on any atom is 0.0611 e. The predicted molar refractivity (Wildman–Crippen MR) is 72.7 cm³/mol. The standard InChI is InChI=1S/C12H14BrNOS/c13-11-6-9(2-1-5-14)3-4-12(11)16-10-7-15-8-10/h1-4,6,10H,5,7-8,14H2/b2-1+. The van der Waals surface area contributed by atoms with Gasteiger partial charge in [-0.15, -0.1) is 11.8 Å². The van der Waals surface area contributed by atoms with Gasteiger partial charge in [-0.3, -0.25) is 0 Å². The molecule has 0 bridgehead atoms. The van der Waals surface area contributed by atoms with E-state index in [1.165, 1.54) is 10.5 Å². The molecule has 1 aliphatic heterocycles. The van der Waals surface area contributed by atoms with Crippen LogP contribution in [0.4, 0.5) is 0 Å². The van der Waals surface area contributed by atoms with Gasteiger partial charge in [0.2, 0.25) is 0 Å². The van der Waals surface area contributed by atoms with E-state index >= 15 is 0 Å². The van der Waals surface area contributed by atoms with E-state index in [0.717, 1.165) is 17.7 Å². The Hall–Kier alpha value is -0.290. The molecule has 1 fully saturated rings.